The van der Waals surface area contributed by atoms with Crippen molar-refractivity contribution in [2.45, 2.75) is 60.6 Å². The number of amides is 2. The van der Waals surface area contributed by atoms with Crippen molar-refractivity contribution in [1.82, 2.24) is 20.2 Å². The van der Waals surface area contributed by atoms with Gasteiger partial charge in [-0.05, 0) is 55.0 Å². The molecule has 2 aliphatic carbocycles. The highest BCUT2D eigenvalue weighted by atomic mass is 32.2. The van der Waals surface area contributed by atoms with Crippen LogP contribution in [0.15, 0.2) is 65.0 Å². The highest BCUT2D eigenvalue weighted by Crippen LogP contribution is 2.46. The predicted molar refractivity (Wildman–Crippen MR) is 142 cm³/mol. The van der Waals surface area contributed by atoms with E-state index in [1.54, 1.807) is 11.0 Å². The number of hydrazine groups is 1. The van der Waals surface area contributed by atoms with Crippen LogP contribution in [0.25, 0.3) is 0 Å². The molecule has 40 heavy (non-hydrogen) atoms. The number of nitrogens with one attached hydrogen (secondary N) is 1. The number of aliphatic hydroxyl groups excluding tert-OH is 2. The Balaban J connectivity index is 1.29. The molecule has 0 radical (unpaired) electrons. The molecule has 3 N–H and O–H groups in total. The largest absolute Gasteiger partial charge is 0.507 e. The second kappa shape index (κ2) is 9.60. The monoisotopic (exact) mass is 566 g/mol. The number of carbonyl (C=O) groups excluding carboxylic acids is 2. The van der Waals surface area contributed by atoms with Gasteiger partial charge in [0.1, 0.15) is 6.10 Å². The van der Waals surface area contributed by atoms with Crippen molar-refractivity contribution in [3.8, 4) is 0 Å². The van der Waals surface area contributed by atoms with Crippen molar-refractivity contribution in [2.75, 3.05) is 6.67 Å². The minimum Gasteiger partial charge on any atom is -0.507 e. The molecule has 2 amide bonds. The maximum absolute atomic E-state index is 15.2. The molecule has 3 fully saturated rings. The van der Waals surface area contributed by atoms with Crippen LogP contribution in [-0.2, 0) is 15.3 Å². The molecule has 8 nitrogen and oxygen atoms in total. The van der Waals surface area contributed by atoms with Crippen LogP contribution >= 0.6 is 11.8 Å². The van der Waals surface area contributed by atoms with Crippen LogP contribution < -0.4 is 5.32 Å². The fourth-order valence-electron chi connectivity index (χ4n) is 6.03. The summed E-state index contributed by atoms with van der Waals surface area (Å²) in [6, 6.07) is 9.48. The Labute approximate surface area is 233 Å². The molecule has 1 saturated heterocycles. The number of carbonyl (C=O) groups is 2. The van der Waals surface area contributed by atoms with Crippen LogP contribution in [0.1, 0.15) is 48.4 Å². The van der Waals surface area contributed by atoms with Gasteiger partial charge in [0, 0.05) is 40.4 Å². The minimum atomic E-state index is -1.35. The Kier molecular flexibility index (Phi) is 6.13. The third-order valence-corrected chi connectivity index (χ3v) is 9.57. The third kappa shape index (κ3) is 4.10. The van der Waals surface area contributed by atoms with Crippen molar-refractivity contribution >= 4 is 23.6 Å². The summed E-state index contributed by atoms with van der Waals surface area (Å²) in [7, 11) is 0. The number of benzene rings is 2. The van der Waals surface area contributed by atoms with Crippen LogP contribution in [0.3, 0.4) is 0 Å². The first-order valence-electron chi connectivity index (χ1n) is 13.5. The van der Waals surface area contributed by atoms with Gasteiger partial charge in [-0.3, -0.25) is 14.6 Å². The first kappa shape index (κ1) is 25.6. The molecular weight excluding hydrogens is 538 g/mol. The SMILES string of the molecule is O=C(NC1CC(N2CN([C@@H]3c4ccccc4SCc4c3ccc(F)c4F)N3C=CC(O)C(O)=C3C2=O)C1)C1CC1. The number of thioether (sulfide) groups is 1. The van der Waals surface area contributed by atoms with Gasteiger partial charge in [0.25, 0.3) is 5.91 Å². The molecule has 2 saturated carbocycles. The van der Waals surface area contributed by atoms with E-state index < -0.39 is 35.4 Å². The maximum atomic E-state index is 15.2. The molecular formula is C29H28F2N4O4S. The highest BCUT2D eigenvalue weighted by Gasteiger charge is 2.48. The first-order chi connectivity index (χ1) is 19.3. The number of halogens is 2. The van der Waals surface area contributed by atoms with Crippen molar-refractivity contribution in [3.05, 3.63) is 88.5 Å². The van der Waals surface area contributed by atoms with Gasteiger partial charge < -0.3 is 20.4 Å². The average molecular weight is 567 g/mol. The molecule has 208 valence electrons. The average Bonchev–Trinajstić information content (AvgIpc) is 3.78. The molecule has 1 unspecified atom stereocenters. The fourth-order valence-corrected chi connectivity index (χ4v) is 7.15. The quantitative estimate of drug-likeness (QED) is 0.520. The van der Waals surface area contributed by atoms with Crippen molar-refractivity contribution in [1.29, 1.82) is 0 Å². The molecule has 2 atom stereocenters. The summed E-state index contributed by atoms with van der Waals surface area (Å²) in [6.45, 7) is 0.103. The molecule has 3 heterocycles. The topological polar surface area (TPSA) is 96.4 Å². The maximum Gasteiger partial charge on any atom is 0.276 e. The van der Waals surface area contributed by atoms with Gasteiger partial charge in [-0.1, -0.05) is 24.3 Å². The zero-order chi connectivity index (χ0) is 27.7. The van der Waals surface area contributed by atoms with E-state index in [0.717, 1.165) is 29.4 Å². The number of hydrogen-bond donors (Lipinski definition) is 3. The van der Waals surface area contributed by atoms with Gasteiger partial charge in [-0.25, -0.2) is 8.78 Å². The summed E-state index contributed by atoms with van der Waals surface area (Å²) >= 11 is 1.42. The van der Waals surface area contributed by atoms with Gasteiger partial charge in [-0.2, -0.15) is 5.01 Å². The van der Waals surface area contributed by atoms with Gasteiger partial charge in [0.2, 0.25) is 5.91 Å². The Bertz CT molecular complexity index is 1470. The molecule has 7 rings (SSSR count). The fraction of sp³-hybridized carbons (Fsp3) is 0.379. The van der Waals surface area contributed by atoms with E-state index in [2.05, 4.69) is 5.32 Å². The summed E-state index contributed by atoms with van der Waals surface area (Å²) in [5, 5.41) is 27.7. The molecule has 0 spiro atoms. The zero-order valence-corrected chi connectivity index (χ0v) is 22.3. The lowest BCUT2D eigenvalue weighted by atomic mass is 9.84. The number of aliphatic hydroxyl groups is 2. The van der Waals surface area contributed by atoms with E-state index in [-0.39, 0.29) is 47.6 Å². The lowest BCUT2D eigenvalue weighted by molar-refractivity contribution is -0.158. The summed E-state index contributed by atoms with van der Waals surface area (Å²) in [6.07, 6.45) is 4.52. The Morgan fingerprint density at radius 3 is 2.62 bits per heavy atom. The van der Waals surface area contributed by atoms with E-state index in [9.17, 15) is 24.2 Å². The molecule has 11 heteroatoms. The lowest BCUT2D eigenvalue weighted by Crippen LogP contribution is -2.64. The van der Waals surface area contributed by atoms with Crippen LogP contribution in [0.2, 0.25) is 0 Å². The summed E-state index contributed by atoms with van der Waals surface area (Å²) in [5.74, 6) is -2.35. The second-order valence-corrected chi connectivity index (χ2v) is 12.0. The Morgan fingerprint density at radius 1 is 1.07 bits per heavy atom. The number of nitrogens with zero attached hydrogens (tertiary/aromatic N) is 3. The van der Waals surface area contributed by atoms with E-state index >= 15 is 4.39 Å². The summed E-state index contributed by atoms with van der Waals surface area (Å²) in [4.78, 5) is 28.6. The van der Waals surface area contributed by atoms with E-state index in [0.29, 0.717) is 18.4 Å². The van der Waals surface area contributed by atoms with Crippen LogP contribution in [0.5, 0.6) is 0 Å². The smallest absolute Gasteiger partial charge is 0.276 e. The number of hydrogen-bond acceptors (Lipinski definition) is 7. The van der Waals surface area contributed by atoms with Gasteiger partial charge in [0.15, 0.2) is 23.1 Å². The zero-order valence-electron chi connectivity index (χ0n) is 21.5. The molecule has 3 aliphatic heterocycles. The predicted octanol–water partition coefficient (Wildman–Crippen LogP) is 3.69. The third-order valence-electron chi connectivity index (χ3n) is 8.46. The van der Waals surface area contributed by atoms with Gasteiger partial charge >= 0.3 is 0 Å². The van der Waals surface area contributed by atoms with E-state index in [1.807, 2.05) is 29.3 Å². The summed E-state index contributed by atoms with van der Waals surface area (Å²) in [5.41, 5.74) is 1.59. The van der Waals surface area contributed by atoms with E-state index in [4.69, 9.17) is 0 Å². The molecule has 2 aromatic rings. The Hall–Kier alpha value is -3.41. The molecule has 0 bridgehead atoms. The number of fused-ring (bicyclic) bond motifs is 3. The Morgan fingerprint density at radius 2 is 1.85 bits per heavy atom. The lowest BCUT2D eigenvalue weighted by Gasteiger charge is -2.53. The van der Waals surface area contributed by atoms with E-state index in [1.165, 1.54) is 29.0 Å². The van der Waals surface area contributed by atoms with Gasteiger partial charge in [-0.15, -0.1) is 11.8 Å². The molecule has 0 aromatic heterocycles. The van der Waals surface area contributed by atoms with Crippen molar-refractivity contribution < 1.29 is 28.6 Å². The van der Waals surface area contributed by atoms with Crippen molar-refractivity contribution in [3.63, 3.8) is 0 Å². The molecule has 2 aromatic carbocycles. The highest BCUT2D eigenvalue weighted by molar-refractivity contribution is 7.98. The van der Waals surface area contributed by atoms with Crippen LogP contribution in [0, 0.1) is 17.6 Å². The standard InChI is InChI=1S/C29H28F2N4O4S/c30-21-8-7-18-20(24(21)31)13-40-23-4-2-1-3-19(23)25(18)35-14-33(17-11-16(12-17)32-28(38)15-5-6-15)29(39)26-27(37)22(36)9-10-34(26)35/h1-4,7-10,15-17,22,25,36-37H,5-6,11-14H2,(H,32,38)/t16?,17?,22?,25-/m0/s1. The van der Waals surface area contributed by atoms with Gasteiger partial charge in [0.05, 0.1) is 12.7 Å². The van der Waals surface area contributed by atoms with Crippen LogP contribution in [0.4, 0.5) is 8.78 Å². The number of rotatable bonds is 4. The second-order valence-electron chi connectivity index (χ2n) is 11.0. The minimum absolute atomic E-state index is 0.0374. The van der Waals surface area contributed by atoms with Crippen LogP contribution in [-0.4, -0.2) is 61.8 Å². The normalized spacial score (nSPS) is 27.9. The summed E-state index contributed by atoms with van der Waals surface area (Å²) < 4.78 is 29.6. The first-order valence-corrected chi connectivity index (χ1v) is 14.5. The molecule has 5 aliphatic rings. The van der Waals surface area contributed by atoms with Crippen molar-refractivity contribution in [2.24, 2.45) is 5.92 Å².